The van der Waals surface area contributed by atoms with Crippen LogP contribution in [-0.2, 0) is 11.3 Å². The second-order valence-electron chi connectivity index (χ2n) is 6.36. The lowest BCUT2D eigenvalue weighted by Gasteiger charge is -2.22. The van der Waals surface area contributed by atoms with Crippen molar-refractivity contribution in [3.63, 3.8) is 0 Å². The fourth-order valence-electron chi connectivity index (χ4n) is 2.37. The predicted octanol–water partition coefficient (Wildman–Crippen LogP) is 3.08. The number of thiazole rings is 1. The van der Waals surface area contributed by atoms with Gasteiger partial charge in [-0.25, -0.2) is 4.79 Å². The summed E-state index contributed by atoms with van der Waals surface area (Å²) in [5, 5.41) is 2.92. The van der Waals surface area contributed by atoms with Crippen molar-refractivity contribution in [2.75, 3.05) is 6.61 Å². The highest BCUT2D eigenvalue weighted by atomic mass is 32.1. The lowest BCUT2D eigenvalue weighted by molar-refractivity contribution is 0.00556. The number of aromatic nitrogens is 1. The van der Waals surface area contributed by atoms with Gasteiger partial charge in [-0.3, -0.25) is 0 Å². The molecule has 0 radical (unpaired) electrons. The Morgan fingerprint density at radius 2 is 2.27 bits per heavy atom. The number of amides is 2. The van der Waals surface area contributed by atoms with E-state index in [-0.39, 0.29) is 18.2 Å². The zero-order valence-corrected chi connectivity index (χ0v) is 14.8. The summed E-state index contributed by atoms with van der Waals surface area (Å²) >= 11 is 1.55. The fraction of sp³-hybridized carbons (Fsp3) is 0.750. The number of carbonyl (C=O) groups is 1. The molecule has 22 heavy (non-hydrogen) atoms. The number of carbonyl (C=O) groups excluding carboxylic acids is 1. The summed E-state index contributed by atoms with van der Waals surface area (Å²) in [7, 11) is 0. The predicted molar refractivity (Wildman–Crippen MR) is 89.0 cm³/mol. The van der Waals surface area contributed by atoms with E-state index in [1.54, 1.807) is 11.3 Å². The molecule has 0 spiro atoms. The summed E-state index contributed by atoms with van der Waals surface area (Å²) in [4.78, 5) is 18.2. The molecule has 0 aromatic carbocycles. The van der Waals surface area contributed by atoms with Gasteiger partial charge in [0.2, 0.25) is 0 Å². The molecule has 1 N–H and O–H groups in total. The van der Waals surface area contributed by atoms with Crippen molar-refractivity contribution in [1.29, 1.82) is 0 Å². The first-order valence-electron chi connectivity index (χ1n) is 8.09. The largest absolute Gasteiger partial charge is 0.376 e. The second-order valence-corrected chi connectivity index (χ2v) is 7.57. The molecule has 1 aliphatic rings. The normalized spacial score (nSPS) is 21.1. The smallest absolute Gasteiger partial charge is 0.343 e. The summed E-state index contributed by atoms with van der Waals surface area (Å²) < 4.78 is 7.84. The quantitative estimate of drug-likeness (QED) is 0.925. The van der Waals surface area contributed by atoms with E-state index in [0.717, 1.165) is 35.7 Å². The van der Waals surface area contributed by atoms with Crippen LogP contribution in [-0.4, -0.2) is 29.4 Å². The van der Waals surface area contributed by atoms with Crippen LogP contribution in [0.4, 0.5) is 4.79 Å². The third-order valence-electron chi connectivity index (χ3n) is 4.06. The van der Waals surface area contributed by atoms with Crippen LogP contribution in [0, 0.1) is 12.8 Å². The third-order valence-corrected chi connectivity index (χ3v) is 4.99. The summed E-state index contributed by atoms with van der Waals surface area (Å²) in [6.07, 6.45) is 5.74. The Labute approximate surface area is 136 Å². The summed E-state index contributed by atoms with van der Waals surface area (Å²) in [5.74, 6) is 0.395. The molecular formula is C16H27N3O2S. The molecule has 1 aromatic heterocycles. The van der Waals surface area contributed by atoms with E-state index in [1.807, 2.05) is 13.8 Å². The number of nitrogens with one attached hydrogen (secondary N) is 1. The number of rotatable bonds is 4. The van der Waals surface area contributed by atoms with Gasteiger partial charge in [0.15, 0.2) is 4.80 Å². The van der Waals surface area contributed by atoms with Crippen LogP contribution in [0.15, 0.2) is 11.2 Å². The van der Waals surface area contributed by atoms with Gasteiger partial charge in [-0.2, -0.15) is 4.99 Å². The maximum Gasteiger partial charge on any atom is 0.343 e. The fourth-order valence-corrected chi connectivity index (χ4v) is 3.21. The van der Waals surface area contributed by atoms with Crippen molar-refractivity contribution in [3.8, 4) is 0 Å². The first-order valence-corrected chi connectivity index (χ1v) is 8.91. The van der Waals surface area contributed by atoms with Crippen LogP contribution in [0.25, 0.3) is 0 Å². The zero-order valence-electron chi connectivity index (χ0n) is 14.0. The van der Waals surface area contributed by atoms with Gasteiger partial charge in [0, 0.05) is 23.7 Å². The molecule has 2 heterocycles. The number of aryl methyl sites for hydroxylation is 1. The molecule has 2 unspecified atom stereocenters. The van der Waals surface area contributed by atoms with Gasteiger partial charge in [-0.05, 0) is 39.0 Å². The molecule has 5 nitrogen and oxygen atoms in total. The lowest BCUT2D eigenvalue weighted by Crippen LogP contribution is -2.36. The monoisotopic (exact) mass is 325 g/mol. The SMILES string of the molecule is Cc1cn(CC2CCCCO2)/c(=N/C(=O)NC(C)C(C)C)s1. The van der Waals surface area contributed by atoms with Gasteiger partial charge < -0.3 is 14.6 Å². The minimum Gasteiger partial charge on any atom is -0.376 e. The minimum absolute atomic E-state index is 0.118. The first kappa shape index (κ1) is 17.2. The average Bonchev–Trinajstić information content (AvgIpc) is 2.79. The topological polar surface area (TPSA) is 55.6 Å². The van der Waals surface area contributed by atoms with E-state index >= 15 is 0 Å². The van der Waals surface area contributed by atoms with Crippen LogP contribution in [0.1, 0.15) is 44.9 Å². The van der Waals surface area contributed by atoms with E-state index < -0.39 is 0 Å². The Kier molecular flexibility index (Phi) is 6.20. The molecule has 1 fully saturated rings. The molecule has 0 bridgehead atoms. The van der Waals surface area contributed by atoms with Crippen molar-refractivity contribution in [2.45, 2.75) is 65.6 Å². The van der Waals surface area contributed by atoms with Gasteiger partial charge in [0.05, 0.1) is 12.6 Å². The molecule has 6 heteroatoms. The van der Waals surface area contributed by atoms with E-state index in [9.17, 15) is 4.79 Å². The van der Waals surface area contributed by atoms with Crippen molar-refractivity contribution in [2.24, 2.45) is 10.9 Å². The third kappa shape index (κ3) is 4.95. The van der Waals surface area contributed by atoms with Crippen LogP contribution in [0.2, 0.25) is 0 Å². The Morgan fingerprint density at radius 3 is 2.91 bits per heavy atom. The molecule has 0 saturated carbocycles. The van der Waals surface area contributed by atoms with E-state index in [0.29, 0.717) is 5.92 Å². The van der Waals surface area contributed by atoms with E-state index in [4.69, 9.17) is 4.74 Å². The summed E-state index contributed by atoms with van der Waals surface area (Å²) in [6.45, 7) is 9.82. The highest BCUT2D eigenvalue weighted by Crippen LogP contribution is 2.14. The van der Waals surface area contributed by atoms with E-state index in [2.05, 4.69) is 34.9 Å². The van der Waals surface area contributed by atoms with Gasteiger partial charge in [0.25, 0.3) is 0 Å². The molecule has 2 amide bonds. The Bertz CT molecular complexity index is 556. The molecule has 0 aliphatic carbocycles. The van der Waals surface area contributed by atoms with Crippen LogP contribution >= 0.6 is 11.3 Å². The second kappa shape index (κ2) is 7.92. The van der Waals surface area contributed by atoms with Crippen LogP contribution < -0.4 is 10.1 Å². The molecular weight excluding hydrogens is 298 g/mol. The molecule has 2 rings (SSSR count). The maximum absolute atomic E-state index is 12.1. The van der Waals surface area contributed by atoms with Crippen LogP contribution in [0.5, 0.6) is 0 Å². The van der Waals surface area contributed by atoms with Gasteiger partial charge in [-0.1, -0.05) is 13.8 Å². The molecule has 124 valence electrons. The zero-order chi connectivity index (χ0) is 16.1. The number of hydrogen-bond donors (Lipinski definition) is 1. The minimum atomic E-state index is -0.263. The summed E-state index contributed by atoms with van der Waals surface area (Å²) in [5.41, 5.74) is 0. The molecule has 2 atom stereocenters. The van der Waals surface area contributed by atoms with Crippen LogP contribution in [0.3, 0.4) is 0 Å². The molecule has 1 aromatic rings. The van der Waals surface area contributed by atoms with Gasteiger partial charge in [0.1, 0.15) is 0 Å². The number of ether oxygens (including phenoxy) is 1. The standard InChI is InChI=1S/C16H27N3O2S/c1-11(2)13(4)17-15(20)18-16-19(9-12(3)22-16)10-14-7-5-6-8-21-14/h9,11,13-14H,5-8,10H2,1-4H3,(H,17,20)/b18-16-. The molecule has 1 aliphatic heterocycles. The highest BCUT2D eigenvalue weighted by Gasteiger charge is 2.16. The van der Waals surface area contributed by atoms with E-state index in [1.165, 1.54) is 6.42 Å². The summed E-state index contributed by atoms with van der Waals surface area (Å²) in [6, 6.07) is -0.145. The Balaban J connectivity index is 2.09. The molecule has 1 saturated heterocycles. The number of nitrogens with zero attached hydrogens (tertiary/aromatic N) is 2. The number of urea groups is 1. The van der Waals surface area contributed by atoms with Crippen molar-refractivity contribution in [3.05, 3.63) is 15.9 Å². The maximum atomic E-state index is 12.1. The first-order chi connectivity index (χ1) is 10.5. The average molecular weight is 325 g/mol. The van der Waals surface area contributed by atoms with Crippen molar-refractivity contribution >= 4 is 17.4 Å². The van der Waals surface area contributed by atoms with Crippen molar-refractivity contribution < 1.29 is 9.53 Å². The number of hydrogen-bond acceptors (Lipinski definition) is 3. The van der Waals surface area contributed by atoms with Gasteiger partial charge in [-0.15, -0.1) is 11.3 Å². The Hall–Kier alpha value is -1.14. The van der Waals surface area contributed by atoms with Crippen molar-refractivity contribution in [1.82, 2.24) is 9.88 Å². The lowest BCUT2D eigenvalue weighted by atomic mass is 10.1. The van der Waals surface area contributed by atoms with Gasteiger partial charge >= 0.3 is 6.03 Å². The Morgan fingerprint density at radius 1 is 1.50 bits per heavy atom. The highest BCUT2D eigenvalue weighted by molar-refractivity contribution is 7.09.